The van der Waals surface area contributed by atoms with E-state index in [2.05, 4.69) is 21.7 Å². The Morgan fingerprint density at radius 2 is 2.05 bits per heavy atom. The monoisotopic (exact) mass is 310 g/mol. The molecule has 2 aliphatic heterocycles. The van der Waals surface area contributed by atoms with Gasteiger partial charge in [-0.2, -0.15) is 0 Å². The van der Waals surface area contributed by atoms with E-state index < -0.39 is 0 Å². The molecule has 21 heavy (non-hydrogen) atoms. The average Bonchev–Trinajstić information content (AvgIpc) is 2.97. The second-order valence-corrected chi connectivity index (χ2v) is 6.84. The van der Waals surface area contributed by atoms with Gasteiger partial charge in [0.2, 0.25) is 0 Å². The number of nitrogens with zero attached hydrogens (tertiary/aromatic N) is 4. The van der Waals surface area contributed by atoms with Crippen molar-refractivity contribution in [2.75, 3.05) is 51.2 Å². The third kappa shape index (κ3) is 3.20. The van der Waals surface area contributed by atoms with Gasteiger partial charge in [0.25, 0.3) is 0 Å². The zero-order chi connectivity index (χ0) is 14.8. The first-order chi connectivity index (χ1) is 10.1. The molecule has 6 nitrogen and oxygen atoms in total. The van der Waals surface area contributed by atoms with Gasteiger partial charge in [-0.1, -0.05) is 0 Å². The van der Waals surface area contributed by atoms with Crippen LogP contribution < -0.4 is 4.90 Å². The SMILES string of the molecule is CN1CCCC(N2CCN(c3sccc3[N+](=O)[O-])CC2)C1. The molecule has 1 aromatic heterocycles. The predicted molar refractivity (Wildman–Crippen MR) is 85.3 cm³/mol. The highest BCUT2D eigenvalue weighted by Gasteiger charge is 2.29. The Morgan fingerprint density at radius 3 is 2.71 bits per heavy atom. The highest BCUT2D eigenvalue weighted by atomic mass is 32.1. The maximum Gasteiger partial charge on any atom is 0.303 e. The maximum absolute atomic E-state index is 11.0. The molecule has 0 N–H and O–H groups in total. The second kappa shape index (κ2) is 6.29. The number of hydrogen-bond acceptors (Lipinski definition) is 6. The lowest BCUT2D eigenvalue weighted by Gasteiger charge is -2.42. The number of piperidine rings is 1. The van der Waals surface area contributed by atoms with Gasteiger partial charge in [0.15, 0.2) is 5.00 Å². The summed E-state index contributed by atoms with van der Waals surface area (Å²) in [6, 6.07) is 2.27. The van der Waals surface area contributed by atoms with Crippen molar-refractivity contribution in [3.63, 3.8) is 0 Å². The zero-order valence-corrected chi connectivity index (χ0v) is 13.2. The van der Waals surface area contributed by atoms with E-state index in [1.807, 2.05) is 5.38 Å². The Balaban J connectivity index is 1.60. The first-order valence-electron chi connectivity index (χ1n) is 7.54. The molecule has 0 aliphatic carbocycles. The van der Waals surface area contributed by atoms with Crippen LogP contribution in [-0.4, -0.2) is 67.1 Å². The second-order valence-electron chi connectivity index (χ2n) is 5.95. The summed E-state index contributed by atoms with van der Waals surface area (Å²) in [6.45, 7) is 6.15. The molecule has 1 aromatic rings. The summed E-state index contributed by atoms with van der Waals surface area (Å²) in [4.78, 5) is 17.9. The lowest BCUT2D eigenvalue weighted by Crippen LogP contribution is -2.54. The molecule has 0 saturated carbocycles. The van der Waals surface area contributed by atoms with E-state index in [-0.39, 0.29) is 10.6 Å². The molecule has 2 aliphatic rings. The van der Waals surface area contributed by atoms with Gasteiger partial charge in [0.05, 0.1) is 4.92 Å². The summed E-state index contributed by atoms with van der Waals surface area (Å²) < 4.78 is 0. The molecular formula is C14H22N4O2S. The summed E-state index contributed by atoms with van der Waals surface area (Å²) >= 11 is 1.48. The van der Waals surface area contributed by atoms with Crippen LogP contribution in [0, 0.1) is 10.1 Å². The van der Waals surface area contributed by atoms with Crippen molar-refractivity contribution in [3.05, 3.63) is 21.6 Å². The Labute approximate surface area is 129 Å². The molecule has 0 radical (unpaired) electrons. The molecule has 2 saturated heterocycles. The highest BCUT2D eigenvalue weighted by Crippen LogP contribution is 2.34. The molecule has 0 bridgehead atoms. The number of anilines is 1. The number of rotatable bonds is 3. The third-order valence-electron chi connectivity index (χ3n) is 4.54. The van der Waals surface area contributed by atoms with Gasteiger partial charge in [-0.05, 0) is 31.8 Å². The minimum absolute atomic E-state index is 0.255. The molecule has 0 amide bonds. The van der Waals surface area contributed by atoms with Crippen LogP contribution in [0.25, 0.3) is 0 Å². The minimum atomic E-state index is -0.270. The molecule has 1 atom stereocenters. The Bertz CT molecular complexity index is 499. The predicted octanol–water partition coefficient (Wildman–Crippen LogP) is 1.87. The van der Waals surface area contributed by atoms with Gasteiger partial charge < -0.3 is 9.80 Å². The molecular weight excluding hydrogens is 288 g/mol. The summed E-state index contributed by atoms with van der Waals surface area (Å²) in [5.74, 6) is 0. The normalized spacial score (nSPS) is 25.2. The van der Waals surface area contributed by atoms with Crippen LogP contribution in [0.2, 0.25) is 0 Å². The lowest BCUT2D eigenvalue weighted by molar-refractivity contribution is -0.383. The van der Waals surface area contributed by atoms with Crippen molar-refractivity contribution < 1.29 is 4.92 Å². The first kappa shape index (κ1) is 14.7. The van der Waals surface area contributed by atoms with Crippen molar-refractivity contribution in [2.24, 2.45) is 0 Å². The van der Waals surface area contributed by atoms with Crippen molar-refractivity contribution in [2.45, 2.75) is 18.9 Å². The van der Waals surface area contributed by atoms with Crippen LogP contribution in [0.3, 0.4) is 0 Å². The average molecular weight is 310 g/mol. The molecule has 3 heterocycles. The fourth-order valence-corrected chi connectivity index (χ4v) is 4.32. The lowest BCUT2D eigenvalue weighted by atomic mass is 10.0. The Morgan fingerprint density at radius 1 is 1.29 bits per heavy atom. The van der Waals surface area contributed by atoms with Crippen LogP contribution in [0.1, 0.15) is 12.8 Å². The molecule has 3 rings (SSSR count). The quantitative estimate of drug-likeness (QED) is 0.630. The Hall–Kier alpha value is -1.18. The summed E-state index contributed by atoms with van der Waals surface area (Å²) in [5.41, 5.74) is 0.255. The zero-order valence-electron chi connectivity index (χ0n) is 12.4. The van der Waals surface area contributed by atoms with E-state index in [1.165, 1.54) is 30.7 Å². The van der Waals surface area contributed by atoms with Gasteiger partial charge >= 0.3 is 5.69 Å². The van der Waals surface area contributed by atoms with Gasteiger partial charge in [0, 0.05) is 44.8 Å². The third-order valence-corrected chi connectivity index (χ3v) is 5.50. The van der Waals surface area contributed by atoms with E-state index in [1.54, 1.807) is 6.07 Å². The number of likely N-dealkylation sites (N-methyl/N-ethyl adjacent to an activating group) is 1. The van der Waals surface area contributed by atoms with Crippen LogP contribution >= 0.6 is 11.3 Å². The fourth-order valence-electron chi connectivity index (χ4n) is 3.40. The summed E-state index contributed by atoms with van der Waals surface area (Å²) in [6.07, 6.45) is 2.56. The van der Waals surface area contributed by atoms with E-state index in [9.17, 15) is 10.1 Å². The fraction of sp³-hybridized carbons (Fsp3) is 0.714. The molecule has 0 spiro atoms. The first-order valence-corrected chi connectivity index (χ1v) is 8.42. The molecule has 0 aromatic carbocycles. The number of likely N-dealkylation sites (tertiary alicyclic amines) is 1. The van der Waals surface area contributed by atoms with E-state index in [4.69, 9.17) is 0 Å². The maximum atomic E-state index is 11.0. The van der Waals surface area contributed by atoms with Crippen molar-refractivity contribution in [1.82, 2.24) is 9.80 Å². The smallest absolute Gasteiger partial charge is 0.303 e. The summed E-state index contributed by atoms with van der Waals surface area (Å²) in [7, 11) is 2.19. The molecule has 2 fully saturated rings. The number of hydrogen-bond donors (Lipinski definition) is 0. The number of piperazine rings is 1. The van der Waals surface area contributed by atoms with Crippen LogP contribution in [0.4, 0.5) is 10.7 Å². The van der Waals surface area contributed by atoms with Gasteiger partial charge in [-0.15, -0.1) is 11.3 Å². The highest BCUT2D eigenvalue weighted by molar-refractivity contribution is 7.14. The van der Waals surface area contributed by atoms with Gasteiger partial charge in [-0.25, -0.2) is 0 Å². The van der Waals surface area contributed by atoms with Crippen LogP contribution in [-0.2, 0) is 0 Å². The van der Waals surface area contributed by atoms with E-state index in [0.29, 0.717) is 6.04 Å². The molecule has 7 heteroatoms. The van der Waals surface area contributed by atoms with Crippen molar-refractivity contribution in [1.29, 1.82) is 0 Å². The number of thiophene rings is 1. The molecule has 1 unspecified atom stereocenters. The largest absolute Gasteiger partial charge is 0.355 e. The topological polar surface area (TPSA) is 52.9 Å². The summed E-state index contributed by atoms with van der Waals surface area (Å²) in [5, 5.41) is 13.7. The number of nitro groups is 1. The van der Waals surface area contributed by atoms with Crippen molar-refractivity contribution in [3.8, 4) is 0 Å². The van der Waals surface area contributed by atoms with Crippen LogP contribution in [0.5, 0.6) is 0 Å². The Kier molecular flexibility index (Phi) is 4.42. The van der Waals surface area contributed by atoms with Gasteiger partial charge in [-0.3, -0.25) is 15.0 Å². The van der Waals surface area contributed by atoms with E-state index >= 15 is 0 Å². The van der Waals surface area contributed by atoms with Crippen LogP contribution in [0.15, 0.2) is 11.4 Å². The van der Waals surface area contributed by atoms with Crippen molar-refractivity contribution >= 4 is 22.0 Å². The molecule has 116 valence electrons. The van der Waals surface area contributed by atoms with Gasteiger partial charge in [0.1, 0.15) is 0 Å². The van der Waals surface area contributed by atoms with E-state index in [0.717, 1.165) is 37.7 Å². The standard InChI is InChI=1S/C14H22N4O2S/c1-15-5-2-3-12(11-15)16-6-8-17(9-7-16)14-13(18(19)20)4-10-21-14/h4,10,12H,2-3,5-9,11H2,1H3. The minimum Gasteiger partial charge on any atom is -0.355 e.